The molecule has 0 aliphatic carbocycles. The van der Waals surface area contributed by atoms with Crippen molar-refractivity contribution in [3.8, 4) is 0 Å². The number of methoxy groups -OCH3 is 2. The Morgan fingerprint density at radius 3 is 2.33 bits per heavy atom. The summed E-state index contributed by atoms with van der Waals surface area (Å²) >= 11 is 0. The van der Waals surface area contributed by atoms with Crippen molar-refractivity contribution in [3.63, 3.8) is 0 Å². The molecule has 2 atom stereocenters. The molecule has 7 nitrogen and oxygen atoms in total. The summed E-state index contributed by atoms with van der Waals surface area (Å²) in [7, 11) is 2.42. The summed E-state index contributed by atoms with van der Waals surface area (Å²) in [6.45, 7) is 2.71. The third kappa shape index (κ3) is 6.16. The van der Waals surface area contributed by atoms with Gasteiger partial charge in [0.1, 0.15) is 6.04 Å². The minimum Gasteiger partial charge on any atom is -0.468 e. The van der Waals surface area contributed by atoms with Gasteiger partial charge in [-0.05, 0) is 5.92 Å². The molecular formula is C14H24F3N3O4. The van der Waals surface area contributed by atoms with Gasteiger partial charge in [-0.15, -0.1) is 0 Å². The Balaban J connectivity index is 2.82. The molecule has 24 heavy (non-hydrogen) atoms. The van der Waals surface area contributed by atoms with E-state index in [-0.39, 0.29) is 31.7 Å². The Morgan fingerprint density at radius 2 is 1.88 bits per heavy atom. The van der Waals surface area contributed by atoms with Crippen LogP contribution in [0.4, 0.5) is 18.0 Å². The highest BCUT2D eigenvalue weighted by Gasteiger charge is 2.42. The predicted octanol–water partition coefficient (Wildman–Crippen LogP) is 1.05. The fraction of sp³-hybridized carbons (Fsp3) is 0.857. The fourth-order valence-corrected chi connectivity index (χ4v) is 2.57. The van der Waals surface area contributed by atoms with Gasteiger partial charge in [-0.25, -0.2) is 4.79 Å². The molecule has 1 saturated heterocycles. The Bertz CT molecular complexity index is 445. The molecule has 1 rings (SSSR count). The molecule has 1 amide bonds. The number of hydrogen-bond acceptors (Lipinski definition) is 6. The summed E-state index contributed by atoms with van der Waals surface area (Å²) in [6.07, 6.45) is -4.98. The fourth-order valence-electron chi connectivity index (χ4n) is 2.57. The Labute approximate surface area is 139 Å². The average Bonchev–Trinajstić information content (AvgIpc) is 2.85. The molecule has 1 aliphatic heterocycles. The lowest BCUT2D eigenvalue weighted by Gasteiger charge is -2.29. The van der Waals surface area contributed by atoms with E-state index in [2.05, 4.69) is 14.8 Å². The number of halogens is 3. The van der Waals surface area contributed by atoms with Gasteiger partial charge in [0.15, 0.2) is 0 Å². The molecule has 0 aromatic heterocycles. The molecule has 2 unspecified atom stereocenters. The van der Waals surface area contributed by atoms with Gasteiger partial charge < -0.3 is 14.8 Å². The summed E-state index contributed by atoms with van der Waals surface area (Å²) < 4.78 is 47.1. The zero-order valence-electron chi connectivity index (χ0n) is 14.2. The van der Waals surface area contributed by atoms with E-state index >= 15 is 0 Å². The van der Waals surface area contributed by atoms with Gasteiger partial charge in [0, 0.05) is 19.1 Å². The molecule has 1 N–H and O–H groups in total. The number of amides is 1. The second kappa shape index (κ2) is 8.52. The van der Waals surface area contributed by atoms with Gasteiger partial charge in [-0.3, -0.25) is 14.6 Å². The van der Waals surface area contributed by atoms with Crippen LogP contribution in [-0.4, -0.2) is 80.6 Å². The molecule has 0 aromatic carbocycles. The van der Waals surface area contributed by atoms with Crippen LogP contribution in [0.25, 0.3) is 0 Å². The van der Waals surface area contributed by atoms with Crippen molar-refractivity contribution < 1.29 is 32.2 Å². The maximum atomic E-state index is 12.6. The van der Waals surface area contributed by atoms with Gasteiger partial charge >= 0.3 is 18.2 Å². The molecule has 10 heteroatoms. The number of alkyl carbamates (subject to hydrolysis) is 1. The average molecular weight is 355 g/mol. The van der Waals surface area contributed by atoms with Crippen molar-refractivity contribution in [1.82, 2.24) is 15.1 Å². The largest absolute Gasteiger partial charge is 0.468 e. The molecule has 0 saturated carbocycles. The smallest absolute Gasteiger partial charge is 0.407 e. The standard InChI is InChI=1S/C14H24F3N3O4/c1-9(2)10(18-13(22)24-4)5-20-8-19(7-14(15,16)17)6-11(20)12(21)23-3/h9-11H,5-8H2,1-4H3,(H,18,22). The van der Waals surface area contributed by atoms with Crippen LogP contribution in [0.3, 0.4) is 0 Å². The van der Waals surface area contributed by atoms with E-state index in [1.54, 1.807) is 4.90 Å². The minimum atomic E-state index is -4.35. The summed E-state index contributed by atoms with van der Waals surface area (Å²) in [5.41, 5.74) is 0. The Morgan fingerprint density at radius 1 is 1.25 bits per heavy atom. The third-order valence-electron chi connectivity index (χ3n) is 3.85. The Hall–Kier alpha value is -1.55. The van der Waals surface area contributed by atoms with E-state index in [0.29, 0.717) is 0 Å². The number of nitrogens with one attached hydrogen (secondary N) is 1. The second-order valence-electron chi connectivity index (χ2n) is 6.06. The van der Waals surface area contributed by atoms with Crippen LogP contribution in [0.2, 0.25) is 0 Å². The molecule has 0 radical (unpaired) electrons. The number of nitrogens with zero attached hydrogens (tertiary/aromatic N) is 2. The van der Waals surface area contributed by atoms with E-state index in [9.17, 15) is 22.8 Å². The maximum Gasteiger partial charge on any atom is 0.407 e. The van der Waals surface area contributed by atoms with Crippen molar-refractivity contribution in [2.75, 3.05) is 40.5 Å². The van der Waals surface area contributed by atoms with Gasteiger partial charge in [0.2, 0.25) is 0 Å². The zero-order chi connectivity index (χ0) is 18.5. The van der Waals surface area contributed by atoms with E-state index in [0.717, 1.165) is 4.90 Å². The first-order chi connectivity index (χ1) is 11.1. The third-order valence-corrected chi connectivity index (χ3v) is 3.85. The molecular weight excluding hydrogens is 331 g/mol. The van der Waals surface area contributed by atoms with Crippen molar-refractivity contribution in [3.05, 3.63) is 0 Å². The van der Waals surface area contributed by atoms with Crippen LogP contribution in [0.1, 0.15) is 13.8 Å². The molecule has 0 bridgehead atoms. The van der Waals surface area contributed by atoms with Gasteiger partial charge in [0.05, 0.1) is 27.4 Å². The summed E-state index contributed by atoms with van der Waals surface area (Å²) in [5.74, 6) is -0.598. The zero-order valence-corrected chi connectivity index (χ0v) is 14.2. The number of esters is 1. The Kier molecular flexibility index (Phi) is 7.27. The normalized spacial score (nSPS) is 20.9. The molecule has 1 heterocycles. The molecule has 0 spiro atoms. The number of carbonyl (C=O) groups excluding carboxylic acids is 2. The number of alkyl halides is 3. The lowest BCUT2D eigenvalue weighted by molar-refractivity contribution is -0.147. The van der Waals surface area contributed by atoms with Crippen molar-refractivity contribution in [2.24, 2.45) is 5.92 Å². The van der Waals surface area contributed by atoms with Crippen LogP contribution < -0.4 is 5.32 Å². The van der Waals surface area contributed by atoms with Gasteiger partial charge in [-0.1, -0.05) is 13.8 Å². The lowest BCUT2D eigenvalue weighted by Crippen LogP contribution is -2.50. The highest BCUT2D eigenvalue weighted by Crippen LogP contribution is 2.22. The van der Waals surface area contributed by atoms with Gasteiger partial charge in [0.25, 0.3) is 0 Å². The first-order valence-electron chi connectivity index (χ1n) is 7.52. The van der Waals surface area contributed by atoms with Crippen LogP contribution in [-0.2, 0) is 14.3 Å². The first kappa shape index (κ1) is 20.5. The van der Waals surface area contributed by atoms with Gasteiger partial charge in [-0.2, -0.15) is 13.2 Å². The number of hydrogen-bond donors (Lipinski definition) is 1. The van der Waals surface area contributed by atoms with E-state index < -0.39 is 30.8 Å². The summed E-state index contributed by atoms with van der Waals surface area (Å²) in [6, 6.07) is -1.19. The highest BCUT2D eigenvalue weighted by molar-refractivity contribution is 5.76. The molecule has 1 aliphatic rings. The number of rotatable bonds is 6. The van der Waals surface area contributed by atoms with Crippen LogP contribution >= 0.6 is 0 Å². The monoisotopic (exact) mass is 355 g/mol. The van der Waals surface area contributed by atoms with E-state index in [1.165, 1.54) is 14.2 Å². The quantitative estimate of drug-likeness (QED) is 0.718. The van der Waals surface area contributed by atoms with Crippen LogP contribution in [0.5, 0.6) is 0 Å². The molecule has 0 aromatic rings. The van der Waals surface area contributed by atoms with E-state index in [4.69, 9.17) is 0 Å². The number of ether oxygens (including phenoxy) is 2. The summed E-state index contributed by atoms with van der Waals surface area (Å²) in [5, 5.41) is 2.64. The predicted molar refractivity (Wildman–Crippen MR) is 79.2 cm³/mol. The topological polar surface area (TPSA) is 71.1 Å². The highest BCUT2D eigenvalue weighted by atomic mass is 19.4. The second-order valence-corrected chi connectivity index (χ2v) is 6.06. The maximum absolute atomic E-state index is 12.6. The summed E-state index contributed by atoms with van der Waals surface area (Å²) in [4.78, 5) is 26.0. The van der Waals surface area contributed by atoms with Crippen LogP contribution in [0.15, 0.2) is 0 Å². The van der Waals surface area contributed by atoms with Crippen molar-refractivity contribution >= 4 is 12.1 Å². The van der Waals surface area contributed by atoms with E-state index in [1.807, 2.05) is 13.8 Å². The number of carbonyl (C=O) groups is 2. The molecule has 140 valence electrons. The lowest BCUT2D eigenvalue weighted by atomic mass is 10.0. The van der Waals surface area contributed by atoms with Crippen molar-refractivity contribution in [1.29, 1.82) is 0 Å². The van der Waals surface area contributed by atoms with Crippen molar-refractivity contribution in [2.45, 2.75) is 32.1 Å². The first-order valence-corrected chi connectivity index (χ1v) is 7.52. The minimum absolute atomic E-state index is 0.000868. The molecule has 1 fully saturated rings. The SMILES string of the molecule is COC(=O)NC(CN1CN(CC(F)(F)F)CC1C(=O)OC)C(C)C. The van der Waals surface area contributed by atoms with Crippen LogP contribution in [0, 0.1) is 5.92 Å².